The molecule has 1 aromatic heterocycles. The fourth-order valence-electron chi connectivity index (χ4n) is 2.12. The average Bonchev–Trinajstić information content (AvgIpc) is 3.03. The van der Waals surface area contributed by atoms with Gasteiger partial charge in [-0.25, -0.2) is 0 Å². The molecule has 0 radical (unpaired) electrons. The molecule has 118 valence electrons. The van der Waals surface area contributed by atoms with Crippen LogP contribution in [0.5, 0.6) is 0 Å². The lowest BCUT2D eigenvalue weighted by atomic mass is 10.0. The molecule has 0 aliphatic rings. The third-order valence-electron chi connectivity index (χ3n) is 3.47. The Morgan fingerprint density at radius 1 is 1.00 bits per heavy atom. The summed E-state index contributed by atoms with van der Waals surface area (Å²) in [5.74, 6) is 2.34. The van der Waals surface area contributed by atoms with Crippen molar-refractivity contribution in [3.63, 3.8) is 0 Å². The summed E-state index contributed by atoms with van der Waals surface area (Å²) in [6.45, 7) is 4.39. The number of benzene rings is 2. The molecule has 2 aromatic carbocycles. The number of aromatic nitrogens is 2. The molecule has 0 saturated carbocycles. The number of hydrogen-bond acceptors (Lipinski definition) is 4. The quantitative estimate of drug-likeness (QED) is 0.548. The van der Waals surface area contributed by atoms with Gasteiger partial charge in [-0.3, -0.25) is 0 Å². The first-order valence-electron chi connectivity index (χ1n) is 7.43. The van der Waals surface area contributed by atoms with E-state index < -0.39 is 0 Å². The summed E-state index contributed by atoms with van der Waals surface area (Å²) in [6.07, 6.45) is 0. The Balaban J connectivity index is 1.64. The topological polar surface area (TPSA) is 38.9 Å². The molecule has 0 aliphatic carbocycles. The largest absolute Gasteiger partial charge is 0.420 e. The highest BCUT2D eigenvalue weighted by molar-refractivity contribution is 7.98. The summed E-state index contributed by atoms with van der Waals surface area (Å²) in [6, 6.07) is 16.0. The maximum absolute atomic E-state index is 5.88. The van der Waals surface area contributed by atoms with Crippen molar-refractivity contribution in [1.29, 1.82) is 0 Å². The second-order valence-electron chi connectivity index (χ2n) is 5.52. The summed E-state index contributed by atoms with van der Waals surface area (Å²) in [7, 11) is 0. The molecule has 0 fully saturated rings. The summed E-state index contributed by atoms with van der Waals surface area (Å²) in [5.41, 5.74) is 2.22. The van der Waals surface area contributed by atoms with Crippen molar-refractivity contribution < 1.29 is 4.42 Å². The number of rotatable bonds is 5. The fraction of sp³-hybridized carbons (Fsp3) is 0.222. The third kappa shape index (κ3) is 4.15. The lowest BCUT2D eigenvalue weighted by Gasteiger charge is -2.05. The van der Waals surface area contributed by atoms with Gasteiger partial charge in [0.1, 0.15) is 0 Å². The second kappa shape index (κ2) is 7.20. The van der Waals surface area contributed by atoms with Gasteiger partial charge in [-0.1, -0.05) is 37.6 Å². The van der Waals surface area contributed by atoms with Crippen LogP contribution in [0, 0.1) is 0 Å². The van der Waals surface area contributed by atoms with Crippen LogP contribution in [0.3, 0.4) is 0 Å². The standard InChI is InChI=1S/C18H17ClN2OS/c1-12(2)13-5-9-16(10-6-13)23-11-17-20-21-18(22-17)14-3-7-15(19)8-4-14/h3-10,12H,11H2,1-2H3. The van der Waals surface area contributed by atoms with Crippen LogP contribution in [-0.2, 0) is 5.75 Å². The van der Waals surface area contributed by atoms with E-state index in [1.54, 1.807) is 11.8 Å². The highest BCUT2D eigenvalue weighted by atomic mass is 35.5. The summed E-state index contributed by atoms with van der Waals surface area (Å²) in [4.78, 5) is 1.20. The Labute approximate surface area is 145 Å². The van der Waals surface area contributed by atoms with Crippen molar-refractivity contribution in [1.82, 2.24) is 10.2 Å². The fourth-order valence-corrected chi connectivity index (χ4v) is 2.98. The maximum atomic E-state index is 5.88. The second-order valence-corrected chi connectivity index (χ2v) is 7.01. The molecular formula is C18H17ClN2OS. The Hall–Kier alpha value is -1.78. The molecule has 0 bridgehead atoms. The lowest BCUT2D eigenvalue weighted by molar-refractivity contribution is 0.528. The van der Waals surface area contributed by atoms with Crippen molar-refractivity contribution in [2.24, 2.45) is 0 Å². The van der Waals surface area contributed by atoms with Crippen molar-refractivity contribution >= 4 is 23.4 Å². The van der Waals surface area contributed by atoms with E-state index >= 15 is 0 Å². The van der Waals surface area contributed by atoms with Crippen LogP contribution in [0.1, 0.15) is 31.2 Å². The van der Waals surface area contributed by atoms with Gasteiger partial charge in [0.2, 0.25) is 11.8 Å². The van der Waals surface area contributed by atoms with Crippen LogP contribution in [-0.4, -0.2) is 10.2 Å². The first-order valence-corrected chi connectivity index (χ1v) is 8.79. The summed E-state index contributed by atoms with van der Waals surface area (Å²) in [5, 5.41) is 8.89. The van der Waals surface area contributed by atoms with E-state index in [2.05, 4.69) is 48.3 Å². The van der Waals surface area contributed by atoms with Crippen molar-refractivity contribution in [2.45, 2.75) is 30.4 Å². The molecule has 3 rings (SSSR count). The highest BCUT2D eigenvalue weighted by Gasteiger charge is 2.09. The van der Waals surface area contributed by atoms with E-state index in [1.807, 2.05) is 24.3 Å². The molecule has 0 saturated heterocycles. The minimum absolute atomic E-state index is 0.521. The Morgan fingerprint density at radius 3 is 2.35 bits per heavy atom. The molecule has 0 amide bonds. The lowest BCUT2D eigenvalue weighted by Crippen LogP contribution is -1.86. The average molecular weight is 345 g/mol. The molecule has 0 spiro atoms. The van der Waals surface area contributed by atoms with Gasteiger partial charge in [-0.15, -0.1) is 22.0 Å². The van der Waals surface area contributed by atoms with Gasteiger partial charge < -0.3 is 4.42 Å². The zero-order valence-electron chi connectivity index (χ0n) is 13.0. The van der Waals surface area contributed by atoms with Gasteiger partial charge in [-0.05, 0) is 47.9 Å². The molecular weight excluding hydrogens is 328 g/mol. The van der Waals surface area contributed by atoms with Crippen LogP contribution in [0.15, 0.2) is 57.8 Å². The Morgan fingerprint density at radius 2 is 1.70 bits per heavy atom. The summed E-state index contributed by atoms with van der Waals surface area (Å²) >= 11 is 7.57. The first-order chi connectivity index (χ1) is 11.1. The van der Waals surface area contributed by atoms with Crippen LogP contribution in [0.4, 0.5) is 0 Å². The molecule has 0 aliphatic heterocycles. The van der Waals surface area contributed by atoms with Gasteiger partial charge in [-0.2, -0.15) is 0 Å². The van der Waals surface area contributed by atoms with Gasteiger partial charge >= 0.3 is 0 Å². The minimum Gasteiger partial charge on any atom is -0.420 e. The first kappa shape index (κ1) is 16.1. The van der Waals surface area contributed by atoms with Gasteiger partial charge in [0.05, 0.1) is 5.75 Å². The Bertz CT molecular complexity index is 766. The maximum Gasteiger partial charge on any atom is 0.247 e. The zero-order valence-corrected chi connectivity index (χ0v) is 14.6. The molecule has 3 aromatic rings. The molecule has 23 heavy (non-hydrogen) atoms. The van der Waals surface area contributed by atoms with Gasteiger partial charge in [0, 0.05) is 15.5 Å². The Kier molecular flexibility index (Phi) is 5.03. The van der Waals surface area contributed by atoms with E-state index in [-0.39, 0.29) is 0 Å². The molecule has 3 nitrogen and oxygen atoms in total. The van der Waals surface area contributed by atoms with Gasteiger partial charge in [0.25, 0.3) is 0 Å². The minimum atomic E-state index is 0.521. The molecule has 1 heterocycles. The number of nitrogens with zero attached hydrogens (tertiary/aromatic N) is 2. The third-order valence-corrected chi connectivity index (χ3v) is 4.72. The van der Waals surface area contributed by atoms with Crippen LogP contribution in [0.25, 0.3) is 11.5 Å². The SMILES string of the molecule is CC(C)c1ccc(SCc2nnc(-c3ccc(Cl)cc3)o2)cc1. The number of halogens is 1. The van der Waals surface area contributed by atoms with E-state index in [1.165, 1.54) is 10.5 Å². The van der Waals surface area contributed by atoms with Crippen molar-refractivity contribution in [3.8, 4) is 11.5 Å². The van der Waals surface area contributed by atoms with E-state index in [9.17, 15) is 0 Å². The normalized spacial score (nSPS) is 11.1. The van der Waals surface area contributed by atoms with Crippen molar-refractivity contribution in [3.05, 3.63) is 65.0 Å². The van der Waals surface area contributed by atoms with E-state index in [0.717, 1.165) is 5.56 Å². The molecule has 0 N–H and O–H groups in total. The van der Waals surface area contributed by atoms with Crippen molar-refractivity contribution in [2.75, 3.05) is 0 Å². The summed E-state index contributed by atoms with van der Waals surface area (Å²) < 4.78 is 5.71. The zero-order chi connectivity index (χ0) is 16.2. The van der Waals surface area contributed by atoms with Crippen LogP contribution >= 0.6 is 23.4 Å². The predicted octanol–water partition coefficient (Wildman–Crippen LogP) is 5.81. The van der Waals surface area contributed by atoms with Crippen LogP contribution < -0.4 is 0 Å². The number of thioether (sulfide) groups is 1. The molecule has 5 heteroatoms. The van der Waals surface area contributed by atoms with Gasteiger partial charge in [0.15, 0.2) is 0 Å². The smallest absolute Gasteiger partial charge is 0.247 e. The number of hydrogen-bond donors (Lipinski definition) is 0. The predicted molar refractivity (Wildman–Crippen MR) is 94.8 cm³/mol. The molecule has 0 atom stereocenters. The molecule has 0 unspecified atom stereocenters. The van der Waals surface area contributed by atoms with E-state index in [4.69, 9.17) is 16.0 Å². The monoisotopic (exact) mass is 344 g/mol. The van der Waals surface area contributed by atoms with Crippen LogP contribution in [0.2, 0.25) is 5.02 Å². The van der Waals surface area contributed by atoms with E-state index in [0.29, 0.717) is 28.5 Å². The highest BCUT2D eigenvalue weighted by Crippen LogP contribution is 2.26.